The van der Waals surface area contributed by atoms with Crippen LogP contribution in [-0.4, -0.2) is 19.3 Å². The molecule has 0 bridgehead atoms. The van der Waals surface area contributed by atoms with Gasteiger partial charge in [-0.1, -0.05) is 12.1 Å². The van der Waals surface area contributed by atoms with Crippen molar-refractivity contribution in [3.8, 4) is 0 Å². The molecule has 1 aromatic carbocycles. The number of esters is 1. The van der Waals surface area contributed by atoms with E-state index in [0.29, 0.717) is 0 Å². The Balaban J connectivity index is 3.11. The van der Waals surface area contributed by atoms with E-state index < -0.39 is 23.9 Å². The Kier molecular flexibility index (Phi) is 3.51. The highest BCUT2D eigenvalue weighted by molar-refractivity contribution is 5.79. The van der Waals surface area contributed by atoms with Crippen molar-refractivity contribution < 1.29 is 27.1 Å². The van der Waals surface area contributed by atoms with Crippen LogP contribution in [0, 0.1) is 5.82 Å². The second-order valence-electron chi connectivity index (χ2n) is 3.05. The number of hydrogen-bond acceptors (Lipinski definition) is 2. The maximum absolute atomic E-state index is 12.5. The lowest BCUT2D eigenvalue weighted by molar-refractivity contribution is -0.179. The predicted octanol–water partition coefficient (Wildman–Crippen LogP) is 2.64. The zero-order valence-electron chi connectivity index (χ0n) is 8.22. The van der Waals surface area contributed by atoms with Crippen molar-refractivity contribution in [1.29, 1.82) is 0 Å². The molecule has 0 saturated heterocycles. The van der Waals surface area contributed by atoms with Gasteiger partial charge in [0.05, 0.1) is 7.11 Å². The van der Waals surface area contributed by atoms with Gasteiger partial charge in [0.2, 0.25) is 0 Å². The highest BCUT2D eigenvalue weighted by Crippen LogP contribution is 2.35. The molecule has 0 amide bonds. The van der Waals surface area contributed by atoms with Gasteiger partial charge in [0.1, 0.15) is 5.82 Å². The van der Waals surface area contributed by atoms with Crippen LogP contribution in [0.2, 0.25) is 0 Å². The number of ether oxygens (including phenoxy) is 1. The molecule has 0 aliphatic carbocycles. The van der Waals surface area contributed by atoms with Crippen molar-refractivity contribution in [2.24, 2.45) is 0 Å². The Bertz CT molecular complexity index is 369. The molecule has 0 spiro atoms. The molecule has 0 saturated carbocycles. The Morgan fingerprint density at radius 3 is 2.12 bits per heavy atom. The lowest BCUT2D eigenvalue weighted by Gasteiger charge is -2.18. The number of methoxy groups -OCH3 is 1. The largest absolute Gasteiger partial charge is 0.468 e. The average Bonchev–Trinajstić information content (AvgIpc) is 2.19. The van der Waals surface area contributed by atoms with E-state index >= 15 is 0 Å². The molecule has 88 valence electrons. The predicted molar refractivity (Wildman–Crippen MR) is 47.2 cm³/mol. The van der Waals surface area contributed by atoms with Crippen LogP contribution in [-0.2, 0) is 9.53 Å². The van der Waals surface area contributed by atoms with Gasteiger partial charge in [-0.2, -0.15) is 13.2 Å². The fourth-order valence-corrected chi connectivity index (χ4v) is 1.23. The van der Waals surface area contributed by atoms with Crippen LogP contribution in [0.1, 0.15) is 11.5 Å². The number of benzene rings is 1. The monoisotopic (exact) mass is 236 g/mol. The molecular weight excluding hydrogens is 228 g/mol. The molecular formula is C10H8F4O2. The molecule has 1 atom stereocenters. The van der Waals surface area contributed by atoms with Crippen LogP contribution in [0.15, 0.2) is 24.3 Å². The smallest absolute Gasteiger partial charge is 0.406 e. The van der Waals surface area contributed by atoms with Gasteiger partial charge < -0.3 is 4.74 Å². The molecule has 1 rings (SSSR count). The van der Waals surface area contributed by atoms with E-state index in [2.05, 4.69) is 4.74 Å². The van der Waals surface area contributed by atoms with Gasteiger partial charge in [-0.05, 0) is 17.7 Å². The van der Waals surface area contributed by atoms with Gasteiger partial charge in [-0.3, -0.25) is 4.79 Å². The standard InChI is InChI=1S/C10H8F4O2/c1-16-9(15)8(10(12,13)14)6-2-4-7(11)5-3-6/h2-5,8H,1H3. The van der Waals surface area contributed by atoms with Gasteiger partial charge in [-0.25, -0.2) is 4.39 Å². The summed E-state index contributed by atoms with van der Waals surface area (Å²) in [5.74, 6) is -4.47. The van der Waals surface area contributed by atoms with E-state index in [1.807, 2.05) is 0 Å². The molecule has 1 unspecified atom stereocenters. The van der Waals surface area contributed by atoms with Gasteiger partial charge in [-0.15, -0.1) is 0 Å². The lowest BCUT2D eigenvalue weighted by atomic mass is 9.99. The van der Waals surface area contributed by atoms with Crippen LogP contribution in [0.25, 0.3) is 0 Å². The SMILES string of the molecule is COC(=O)C(c1ccc(F)cc1)C(F)(F)F. The molecule has 6 heteroatoms. The maximum atomic E-state index is 12.5. The van der Waals surface area contributed by atoms with Crippen molar-refractivity contribution in [1.82, 2.24) is 0 Å². The summed E-state index contributed by atoms with van der Waals surface area (Å²) in [6, 6.07) is 3.53. The summed E-state index contributed by atoms with van der Waals surface area (Å²) in [5, 5.41) is 0. The van der Waals surface area contributed by atoms with E-state index in [0.717, 1.165) is 31.4 Å². The molecule has 2 nitrogen and oxygen atoms in total. The van der Waals surface area contributed by atoms with Crippen molar-refractivity contribution in [3.63, 3.8) is 0 Å². The molecule has 0 N–H and O–H groups in total. The van der Waals surface area contributed by atoms with Crippen LogP contribution < -0.4 is 0 Å². The zero-order chi connectivity index (χ0) is 12.3. The zero-order valence-corrected chi connectivity index (χ0v) is 8.22. The van der Waals surface area contributed by atoms with E-state index in [1.54, 1.807) is 0 Å². The third-order valence-corrected chi connectivity index (χ3v) is 1.97. The number of rotatable bonds is 2. The fraction of sp³-hybridized carbons (Fsp3) is 0.300. The fourth-order valence-electron chi connectivity index (χ4n) is 1.23. The number of alkyl halides is 3. The summed E-state index contributed by atoms with van der Waals surface area (Å²) in [5.41, 5.74) is -0.347. The van der Waals surface area contributed by atoms with Crippen LogP contribution in [0.5, 0.6) is 0 Å². The van der Waals surface area contributed by atoms with Gasteiger partial charge in [0.15, 0.2) is 5.92 Å². The highest BCUT2D eigenvalue weighted by atomic mass is 19.4. The van der Waals surface area contributed by atoms with E-state index in [4.69, 9.17) is 0 Å². The van der Waals surface area contributed by atoms with E-state index in [9.17, 15) is 22.4 Å². The number of halogens is 4. The molecule has 0 aromatic heterocycles. The van der Waals surface area contributed by atoms with Crippen molar-refractivity contribution in [2.75, 3.05) is 7.11 Å². The number of carbonyl (C=O) groups excluding carboxylic acids is 1. The summed E-state index contributed by atoms with van der Waals surface area (Å²) >= 11 is 0. The minimum absolute atomic E-state index is 0.347. The molecule has 16 heavy (non-hydrogen) atoms. The summed E-state index contributed by atoms with van der Waals surface area (Å²) in [6.07, 6.45) is -4.76. The van der Waals surface area contributed by atoms with Crippen LogP contribution in [0.3, 0.4) is 0 Å². The summed E-state index contributed by atoms with van der Waals surface area (Å²) < 4.78 is 54.3. The average molecular weight is 236 g/mol. The van der Waals surface area contributed by atoms with Gasteiger partial charge >= 0.3 is 12.1 Å². The van der Waals surface area contributed by atoms with Crippen molar-refractivity contribution in [2.45, 2.75) is 12.1 Å². The van der Waals surface area contributed by atoms with Crippen molar-refractivity contribution in [3.05, 3.63) is 35.6 Å². The molecule has 0 aliphatic heterocycles. The first-order valence-electron chi connectivity index (χ1n) is 4.26. The molecule has 1 aromatic rings. The quantitative estimate of drug-likeness (QED) is 0.582. The third kappa shape index (κ3) is 2.71. The van der Waals surface area contributed by atoms with E-state index in [1.165, 1.54) is 0 Å². The molecule has 0 fully saturated rings. The van der Waals surface area contributed by atoms with Gasteiger partial charge in [0, 0.05) is 0 Å². The molecule has 0 aliphatic rings. The Morgan fingerprint density at radius 2 is 1.75 bits per heavy atom. The normalized spacial score (nSPS) is 13.3. The second kappa shape index (κ2) is 4.51. The van der Waals surface area contributed by atoms with Crippen LogP contribution >= 0.6 is 0 Å². The van der Waals surface area contributed by atoms with E-state index in [-0.39, 0.29) is 5.56 Å². The first-order chi connectivity index (χ1) is 7.36. The van der Waals surface area contributed by atoms with Crippen LogP contribution in [0.4, 0.5) is 17.6 Å². The van der Waals surface area contributed by atoms with Gasteiger partial charge in [0.25, 0.3) is 0 Å². The lowest BCUT2D eigenvalue weighted by Crippen LogP contribution is -2.29. The number of carbonyl (C=O) groups is 1. The minimum atomic E-state index is -4.76. The molecule has 0 radical (unpaired) electrons. The first kappa shape index (κ1) is 12.5. The minimum Gasteiger partial charge on any atom is -0.468 e. The second-order valence-corrected chi connectivity index (χ2v) is 3.05. The maximum Gasteiger partial charge on any atom is 0.406 e. The topological polar surface area (TPSA) is 26.3 Å². The summed E-state index contributed by atoms with van der Waals surface area (Å²) in [7, 11) is 0.866. The Labute approximate surface area is 88.8 Å². The first-order valence-corrected chi connectivity index (χ1v) is 4.26. The summed E-state index contributed by atoms with van der Waals surface area (Å²) in [4.78, 5) is 11.0. The third-order valence-electron chi connectivity index (χ3n) is 1.97. The Hall–Kier alpha value is -1.59. The number of hydrogen-bond donors (Lipinski definition) is 0. The van der Waals surface area contributed by atoms with Crippen molar-refractivity contribution >= 4 is 5.97 Å². The summed E-state index contributed by atoms with van der Waals surface area (Å²) in [6.45, 7) is 0. The molecule has 0 heterocycles. The highest BCUT2D eigenvalue weighted by Gasteiger charge is 2.46. The Morgan fingerprint density at radius 1 is 1.25 bits per heavy atom.